The number of oxazole rings is 1. The van der Waals surface area contributed by atoms with E-state index in [0.29, 0.717) is 18.0 Å². The third kappa shape index (κ3) is 2.81. The van der Waals surface area contributed by atoms with Crippen molar-refractivity contribution < 1.29 is 9.21 Å². The highest BCUT2D eigenvalue weighted by Gasteiger charge is 2.08. The fraction of sp³-hybridized carbons (Fsp3) is 0.143. The van der Waals surface area contributed by atoms with Crippen molar-refractivity contribution in [2.75, 3.05) is 0 Å². The Morgan fingerprint density at radius 2 is 2.19 bits per heavy atom. The molecule has 0 spiro atoms. The first kappa shape index (κ1) is 13.0. The molecule has 1 aromatic carbocycles. The van der Waals surface area contributed by atoms with Crippen molar-refractivity contribution in [3.05, 3.63) is 57.8 Å². The Hall–Kier alpha value is -2.96. The Morgan fingerprint density at radius 3 is 2.95 bits per heavy atom. The third-order valence-corrected chi connectivity index (χ3v) is 2.92. The van der Waals surface area contributed by atoms with Gasteiger partial charge in [-0.2, -0.15) is 5.10 Å². The normalized spacial score (nSPS) is 10.7. The number of amides is 1. The Labute approximate surface area is 119 Å². The van der Waals surface area contributed by atoms with Gasteiger partial charge in [-0.3, -0.25) is 9.59 Å². The first-order valence-electron chi connectivity index (χ1n) is 6.32. The first-order chi connectivity index (χ1) is 10.1. The predicted octanol–water partition coefficient (Wildman–Crippen LogP) is 1.15. The quantitative estimate of drug-likeness (QED) is 0.751. The molecule has 0 aliphatic rings. The highest BCUT2D eigenvalue weighted by atomic mass is 16.3. The van der Waals surface area contributed by atoms with Crippen LogP contribution in [0.2, 0.25) is 0 Å². The molecule has 1 amide bonds. The van der Waals surface area contributed by atoms with Crippen LogP contribution in [-0.2, 0) is 6.54 Å². The van der Waals surface area contributed by atoms with Gasteiger partial charge in [-0.25, -0.2) is 10.1 Å². The van der Waals surface area contributed by atoms with Crippen molar-refractivity contribution in [2.24, 2.45) is 0 Å². The zero-order valence-electron chi connectivity index (χ0n) is 11.2. The van der Waals surface area contributed by atoms with E-state index in [1.807, 2.05) is 18.2 Å². The summed E-state index contributed by atoms with van der Waals surface area (Å²) >= 11 is 0. The molecule has 0 bridgehead atoms. The van der Waals surface area contributed by atoms with Gasteiger partial charge in [0.1, 0.15) is 11.2 Å². The standard InChI is InChI=1S/C14H12N4O3/c1-8-16-11-6-9(2-4-12(11)21-8)7-15-14(20)10-3-5-13(19)18-17-10/h2-6H,7H2,1H3,(H,15,20)(H,18,19). The summed E-state index contributed by atoms with van der Waals surface area (Å²) in [6, 6.07) is 8.15. The maximum absolute atomic E-state index is 11.9. The number of aromatic amines is 1. The van der Waals surface area contributed by atoms with Crippen molar-refractivity contribution in [1.82, 2.24) is 20.5 Å². The Balaban J connectivity index is 1.72. The molecule has 0 atom stereocenters. The molecule has 2 N–H and O–H groups in total. The molecule has 106 valence electrons. The number of H-pyrrole nitrogens is 1. The van der Waals surface area contributed by atoms with Crippen LogP contribution in [0.4, 0.5) is 0 Å². The van der Waals surface area contributed by atoms with Gasteiger partial charge in [0.25, 0.3) is 11.5 Å². The van der Waals surface area contributed by atoms with Crippen LogP contribution in [-0.4, -0.2) is 21.1 Å². The van der Waals surface area contributed by atoms with Gasteiger partial charge in [-0.15, -0.1) is 0 Å². The lowest BCUT2D eigenvalue weighted by atomic mass is 10.2. The van der Waals surface area contributed by atoms with Gasteiger partial charge in [-0.1, -0.05) is 6.07 Å². The van der Waals surface area contributed by atoms with E-state index in [1.165, 1.54) is 12.1 Å². The maximum atomic E-state index is 11.9. The molecule has 0 aliphatic heterocycles. The SMILES string of the molecule is Cc1nc2cc(CNC(=O)c3ccc(=O)[nH]n3)ccc2o1. The highest BCUT2D eigenvalue weighted by Crippen LogP contribution is 2.16. The van der Waals surface area contributed by atoms with Crippen molar-refractivity contribution in [3.8, 4) is 0 Å². The molecular formula is C14H12N4O3. The Bertz CT molecular complexity index is 846. The zero-order valence-corrected chi connectivity index (χ0v) is 11.2. The van der Waals surface area contributed by atoms with Gasteiger partial charge in [0.2, 0.25) is 0 Å². The van der Waals surface area contributed by atoms with Crippen LogP contribution < -0.4 is 10.9 Å². The summed E-state index contributed by atoms with van der Waals surface area (Å²) in [5, 5.41) is 8.61. The van der Waals surface area contributed by atoms with Gasteiger partial charge in [-0.05, 0) is 23.8 Å². The van der Waals surface area contributed by atoms with E-state index in [0.717, 1.165) is 11.1 Å². The molecular weight excluding hydrogens is 272 g/mol. The van der Waals surface area contributed by atoms with E-state index in [2.05, 4.69) is 20.5 Å². The molecule has 0 saturated heterocycles. The number of nitrogens with zero attached hydrogens (tertiary/aromatic N) is 2. The van der Waals surface area contributed by atoms with Gasteiger partial charge in [0.05, 0.1) is 0 Å². The van der Waals surface area contributed by atoms with E-state index >= 15 is 0 Å². The Morgan fingerprint density at radius 1 is 1.33 bits per heavy atom. The molecule has 0 fully saturated rings. The van der Waals surface area contributed by atoms with Crippen molar-refractivity contribution >= 4 is 17.0 Å². The van der Waals surface area contributed by atoms with Crippen LogP contribution in [0.3, 0.4) is 0 Å². The topological polar surface area (TPSA) is 101 Å². The number of aryl methyl sites for hydroxylation is 1. The molecule has 0 unspecified atom stereocenters. The molecule has 7 heteroatoms. The van der Waals surface area contributed by atoms with Gasteiger partial charge in [0.15, 0.2) is 11.5 Å². The second-order valence-corrected chi connectivity index (χ2v) is 4.52. The maximum Gasteiger partial charge on any atom is 0.271 e. The van der Waals surface area contributed by atoms with Crippen molar-refractivity contribution in [2.45, 2.75) is 13.5 Å². The lowest BCUT2D eigenvalue weighted by molar-refractivity contribution is 0.0945. The number of carbonyl (C=O) groups excluding carboxylic acids is 1. The summed E-state index contributed by atoms with van der Waals surface area (Å²) < 4.78 is 5.39. The first-order valence-corrected chi connectivity index (χ1v) is 6.32. The number of hydrogen-bond donors (Lipinski definition) is 2. The van der Waals surface area contributed by atoms with E-state index in [-0.39, 0.29) is 17.2 Å². The van der Waals surface area contributed by atoms with Crippen molar-refractivity contribution in [1.29, 1.82) is 0 Å². The lowest BCUT2D eigenvalue weighted by Gasteiger charge is -2.04. The molecule has 0 radical (unpaired) electrons. The monoisotopic (exact) mass is 284 g/mol. The van der Waals surface area contributed by atoms with Crippen LogP contribution in [0, 0.1) is 6.92 Å². The fourth-order valence-corrected chi connectivity index (χ4v) is 1.94. The van der Waals surface area contributed by atoms with E-state index < -0.39 is 0 Å². The van der Waals surface area contributed by atoms with Gasteiger partial charge < -0.3 is 9.73 Å². The smallest absolute Gasteiger partial charge is 0.271 e. The second kappa shape index (κ2) is 5.20. The van der Waals surface area contributed by atoms with Crippen LogP contribution in [0.1, 0.15) is 21.9 Å². The number of rotatable bonds is 3. The number of benzene rings is 1. The molecule has 7 nitrogen and oxygen atoms in total. The summed E-state index contributed by atoms with van der Waals surface area (Å²) in [7, 11) is 0. The van der Waals surface area contributed by atoms with Gasteiger partial charge >= 0.3 is 0 Å². The molecule has 0 saturated carbocycles. The predicted molar refractivity (Wildman–Crippen MR) is 74.8 cm³/mol. The molecule has 3 aromatic rings. The minimum Gasteiger partial charge on any atom is -0.441 e. The molecule has 3 rings (SSSR count). The van der Waals surface area contributed by atoms with Crippen LogP contribution in [0.15, 0.2) is 39.5 Å². The van der Waals surface area contributed by atoms with E-state index in [4.69, 9.17) is 4.42 Å². The van der Waals surface area contributed by atoms with Gasteiger partial charge in [0, 0.05) is 19.5 Å². The average molecular weight is 284 g/mol. The molecule has 0 aliphatic carbocycles. The van der Waals surface area contributed by atoms with Crippen molar-refractivity contribution in [3.63, 3.8) is 0 Å². The summed E-state index contributed by atoms with van der Waals surface area (Å²) in [4.78, 5) is 27.0. The minimum atomic E-state index is -0.359. The number of hydrogen-bond acceptors (Lipinski definition) is 5. The Kier molecular flexibility index (Phi) is 3.23. The van der Waals surface area contributed by atoms with E-state index in [1.54, 1.807) is 6.92 Å². The fourth-order valence-electron chi connectivity index (χ4n) is 1.94. The lowest BCUT2D eigenvalue weighted by Crippen LogP contribution is -2.25. The molecule has 2 heterocycles. The highest BCUT2D eigenvalue weighted by molar-refractivity contribution is 5.92. The van der Waals surface area contributed by atoms with Crippen LogP contribution >= 0.6 is 0 Å². The van der Waals surface area contributed by atoms with E-state index in [9.17, 15) is 9.59 Å². The zero-order chi connectivity index (χ0) is 14.8. The largest absolute Gasteiger partial charge is 0.441 e. The average Bonchev–Trinajstić information content (AvgIpc) is 2.84. The second-order valence-electron chi connectivity index (χ2n) is 4.52. The summed E-state index contributed by atoms with van der Waals surface area (Å²) in [6.07, 6.45) is 0. The summed E-state index contributed by atoms with van der Waals surface area (Å²) in [5.41, 5.74) is 2.17. The number of aromatic nitrogens is 3. The van der Waals surface area contributed by atoms with Crippen LogP contribution in [0.5, 0.6) is 0 Å². The number of nitrogens with one attached hydrogen (secondary N) is 2. The van der Waals surface area contributed by atoms with Crippen LogP contribution in [0.25, 0.3) is 11.1 Å². The number of carbonyl (C=O) groups is 1. The molecule has 2 aromatic heterocycles. The minimum absolute atomic E-state index is 0.160. The summed E-state index contributed by atoms with van der Waals surface area (Å²) in [6.45, 7) is 2.12. The molecule has 21 heavy (non-hydrogen) atoms. The third-order valence-electron chi connectivity index (χ3n) is 2.92. The number of fused-ring (bicyclic) bond motifs is 1. The summed E-state index contributed by atoms with van der Waals surface area (Å²) in [5.74, 6) is 0.242.